The molecule has 9 rings (SSSR count). The zero-order valence-corrected chi connectivity index (χ0v) is 24.5. The molecule has 9 aromatic rings. The molecule has 0 aliphatic rings. The van der Waals surface area contributed by atoms with Crippen LogP contribution in [0.2, 0.25) is 0 Å². The molecule has 0 bridgehead atoms. The Morgan fingerprint density at radius 1 is 0.370 bits per heavy atom. The molecule has 0 amide bonds. The van der Waals surface area contributed by atoms with Crippen LogP contribution in [0.5, 0.6) is 0 Å². The van der Waals surface area contributed by atoms with Gasteiger partial charge in [-0.1, -0.05) is 103 Å². The summed E-state index contributed by atoms with van der Waals surface area (Å²) in [5, 5.41) is 1.90. The van der Waals surface area contributed by atoms with Gasteiger partial charge in [0.05, 0.1) is 0 Å². The van der Waals surface area contributed by atoms with Crippen LogP contribution in [-0.2, 0) is 0 Å². The minimum absolute atomic E-state index is 0.552. The van der Waals surface area contributed by atoms with Crippen molar-refractivity contribution < 1.29 is 8.83 Å². The van der Waals surface area contributed by atoms with Crippen molar-refractivity contribution in [2.75, 3.05) is 0 Å². The molecule has 3 aromatic heterocycles. The largest absolute Gasteiger partial charge is 0.456 e. The fourth-order valence-corrected chi connectivity index (χ4v) is 5.95. The first-order valence-corrected chi connectivity index (χ1v) is 15.1. The summed E-state index contributed by atoms with van der Waals surface area (Å²) in [4.78, 5) is 19.7. The molecule has 0 N–H and O–H groups in total. The molecule has 6 heteroatoms. The molecule has 0 aliphatic carbocycles. The highest BCUT2D eigenvalue weighted by Crippen LogP contribution is 2.38. The SMILES string of the molecule is c1ccc(-c2cccc(-c3nc(-c4ccccc4)nc(-c4cccc5oc6cc(-c7nc8ccccc8o7)ccc6c45)n3)c2)cc1. The number of hydrogen-bond acceptors (Lipinski definition) is 6. The summed E-state index contributed by atoms with van der Waals surface area (Å²) in [5.41, 5.74) is 8.81. The van der Waals surface area contributed by atoms with Crippen LogP contribution in [-0.4, -0.2) is 19.9 Å². The van der Waals surface area contributed by atoms with Gasteiger partial charge < -0.3 is 8.83 Å². The van der Waals surface area contributed by atoms with Crippen molar-refractivity contribution in [3.05, 3.63) is 146 Å². The summed E-state index contributed by atoms with van der Waals surface area (Å²) in [5.74, 6) is 2.33. The lowest BCUT2D eigenvalue weighted by molar-refractivity contribution is 0.619. The van der Waals surface area contributed by atoms with Crippen LogP contribution in [0.4, 0.5) is 0 Å². The van der Waals surface area contributed by atoms with Crippen LogP contribution in [0, 0.1) is 0 Å². The molecule has 0 saturated heterocycles. The first kappa shape index (κ1) is 26.0. The summed E-state index contributed by atoms with van der Waals surface area (Å²) < 4.78 is 12.4. The normalized spacial score (nSPS) is 11.5. The second-order valence-corrected chi connectivity index (χ2v) is 11.1. The fourth-order valence-electron chi connectivity index (χ4n) is 5.95. The average Bonchev–Trinajstić information content (AvgIpc) is 3.74. The predicted molar refractivity (Wildman–Crippen MR) is 182 cm³/mol. The van der Waals surface area contributed by atoms with Gasteiger partial charge >= 0.3 is 0 Å². The van der Waals surface area contributed by atoms with E-state index in [2.05, 4.69) is 35.3 Å². The molecule has 6 aromatic carbocycles. The molecule has 0 fully saturated rings. The molecule has 0 aliphatic heterocycles. The zero-order chi connectivity index (χ0) is 30.5. The second kappa shape index (κ2) is 10.6. The van der Waals surface area contributed by atoms with Crippen LogP contribution in [0.3, 0.4) is 0 Å². The molecule has 0 saturated carbocycles. The molecular formula is C40H24N4O2. The maximum atomic E-state index is 6.40. The number of rotatable bonds is 5. The van der Waals surface area contributed by atoms with E-state index < -0.39 is 0 Å². The first-order valence-electron chi connectivity index (χ1n) is 15.1. The number of para-hydroxylation sites is 2. The Labute approximate surface area is 263 Å². The third-order valence-electron chi connectivity index (χ3n) is 8.17. The van der Waals surface area contributed by atoms with Gasteiger partial charge in [-0.3, -0.25) is 0 Å². The van der Waals surface area contributed by atoms with Crippen LogP contribution >= 0.6 is 0 Å². The van der Waals surface area contributed by atoms with E-state index in [1.54, 1.807) is 0 Å². The van der Waals surface area contributed by atoms with Crippen molar-refractivity contribution >= 4 is 33.0 Å². The Hall–Kier alpha value is -6.40. The lowest BCUT2D eigenvalue weighted by Gasteiger charge is -2.10. The highest BCUT2D eigenvalue weighted by molar-refractivity contribution is 6.12. The number of furan rings is 1. The second-order valence-electron chi connectivity index (χ2n) is 11.1. The van der Waals surface area contributed by atoms with Crippen molar-refractivity contribution in [1.29, 1.82) is 0 Å². The smallest absolute Gasteiger partial charge is 0.227 e. The maximum absolute atomic E-state index is 6.40. The van der Waals surface area contributed by atoms with Gasteiger partial charge in [0.1, 0.15) is 16.7 Å². The zero-order valence-electron chi connectivity index (χ0n) is 24.5. The summed E-state index contributed by atoms with van der Waals surface area (Å²) in [6.45, 7) is 0. The number of oxazole rings is 1. The lowest BCUT2D eigenvalue weighted by Crippen LogP contribution is -2.00. The van der Waals surface area contributed by atoms with Gasteiger partial charge in [-0.2, -0.15) is 0 Å². The van der Waals surface area contributed by atoms with E-state index >= 15 is 0 Å². The molecule has 0 radical (unpaired) electrons. The molecule has 3 heterocycles. The number of benzene rings is 6. The van der Waals surface area contributed by atoms with E-state index in [-0.39, 0.29) is 0 Å². The predicted octanol–water partition coefficient (Wildman–Crippen LogP) is 10.2. The quantitative estimate of drug-likeness (QED) is 0.198. The van der Waals surface area contributed by atoms with E-state index in [4.69, 9.17) is 23.8 Å². The van der Waals surface area contributed by atoms with Crippen LogP contribution in [0.1, 0.15) is 0 Å². The molecule has 0 unspecified atom stereocenters. The Bertz CT molecular complexity index is 2500. The number of nitrogens with zero attached hydrogens (tertiary/aromatic N) is 4. The summed E-state index contributed by atoms with van der Waals surface area (Å²) in [6.07, 6.45) is 0. The summed E-state index contributed by atoms with van der Waals surface area (Å²) in [7, 11) is 0. The monoisotopic (exact) mass is 592 g/mol. The average molecular weight is 593 g/mol. The molecule has 6 nitrogen and oxygen atoms in total. The Morgan fingerprint density at radius 2 is 1.02 bits per heavy atom. The van der Waals surface area contributed by atoms with E-state index in [1.165, 1.54) is 0 Å². The van der Waals surface area contributed by atoms with Gasteiger partial charge in [0.15, 0.2) is 23.1 Å². The molecule has 216 valence electrons. The molecule has 46 heavy (non-hydrogen) atoms. The first-order chi connectivity index (χ1) is 22.8. The van der Waals surface area contributed by atoms with Gasteiger partial charge in [0.25, 0.3) is 0 Å². The highest BCUT2D eigenvalue weighted by atomic mass is 16.3. The Balaban J connectivity index is 1.21. The number of aromatic nitrogens is 4. The van der Waals surface area contributed by atoms with Crippen molar-refractivity contribution in [2.24, 2.45) is 0 Å². The van der Waals surface area contributed by atoms with Gasteiger partial charge in [-0.25, -0.2) is 19.9 Å². The van der Waals surface area contributed by atoms with E-state index in [0.29, 0.717) is 23.4 Å². The number of hydrogen-bond donors (Lipinski definition) is 0. The Kier molecular flexibility index (Phi) is 6.03. The number of fused-ring (bicyclic) bond motifs is 4. The molecule has 0 spiro atoms. The van der Waals surface area contributed by atoms with Crippen molar-refractivity contribution in [1.82, 2.24) is 19.9 Å². The van der Waals surface area contributed by atoms with E-state index in [9.17, 15) is 0 Å². The van der Waals surface area contributed by atoms with Crippen LogP contribution in [0.25, 0.3) is 89.8 Å². The lowest BCUT2D eigenvalue weighted by atomic mass is 10.0. The minimum Gasteiger partial charge on any atom is -0.456 e. The van der Waals surface area contributed by atoms with Crippen LogP contribution < -0.4 is 0 Å². The standard InChI is InChI=1S/C40H24N4O2/c1-3-11-25(12-4-1)27-15-9-16-28(23-27)38-42-37(26-13-5-2-6-14-26)43-39(44-38)31-17-10-20-34-36(31)30-22-21-29(24-35(30)45-34)40-41-32-18-7-8-19-33(32)46-40/h1-24H. The van der Waals surface area contributed by atoms with Crippen molar-refractivity contribution in [3.63, 3.8) is 0 Å². The topological polar surface area (TPSA) is 77.8 Å². The Morgan fingerprint density at radius 3 is 1.85 bits per heavy atom. The van der Waals surface area contributed by atoms with Gasteiger partial charge in [-0.05, 0) is 53.6 Å². The molecular weight excluding hydrogens is 568 g/mol. The summed E-state index contributed by atoms with van der Waals surface area (Å²) in [6, 6.07) is 48.5. The van der Waals surface area contributed by atoms with Crippen LogP contribution in [0.15, 0.2) is 154 Å². The van der Waals surface area contributed by atoms with Crippen molar-refractivity contribution in [2.45, 2.75) is 0 Å². The minimum atomic E-state index is 0.552. The van der Waals surface area contributed by atoms with Gasteiger partial charge in [-0.15, -0.1) is 0 Å². The maximum Gasteiger partial charge on any atom is 0.227 e. The van der Waals surface area contributed by atoms with Crippen molar-refractivity contribution in [3.8, 4) is 56.7 Å². The highest BCUT2D eigenvalue weighted by Gasteiger charge is 2.19. The third kappa shape index (κ3) is 4.52. The molecule has 0 atom stereocenters. The van der Waals surface area contributed by atoms with E-state index in [1.807, 2.05) is 115 Å². The van der Waals surface area contributed by atoms with Gasteiger partial charge in [0.2, 0.25) is 5.89 Å². The fraction of sp³-hybridized carbons (Fsp3) is 0. The summed E-state index contributed by atoms with van der Waals surface area (Å²) >= 11 is 0. The van der Waals surface area contributed by atoms with Gasteiger partial charge in [0, 0.05) is 33.0 Å². The third-order valence-corrected chi connectivity index (χ3v) is 8.17. The van der Waals surface area contributed by atoms with E-state index in [0.717, 1.165) is 66.4 Å².